The Balaban J connectivity index is 1.72. The number of rotatable bonds is 3. The van der Waals surface area contributed by atoms with Crippen LogP contribution in [0.4, 0.5) is 0 Å². The molecule has 3 aromatic rings. The van der Waals surface area contributed by atoms with Gasteiger partial charge in [0, 0.05) is 15.5 Å². The maximum absolute atomic E-state index is 13.0. The molecule has 0 radical (unpaired) electrons. The number of halogens is 2. The third-order valence-corrected chi connectivity index (χ3v) is 6.54. The quantitative estimate of drug-likeness (QED) is 0.588. The molecule has 1 aliphatic rings. The van der Waals surface area contributed by atoms with Crippen molar-refractivity contribution in [2.45, 2.75) is 32.7 Å². The van der Waals surface area contributed by atoms with Crippen LogP contribution in [-0.2, 0) is 19.4 Å². The Labute approximate surface area is 164 Å². The molecule has 134 valence electrons. The lowest BCUT2D eigenvalue weighted by molar-refractivity contribution is 0.0971. The molecule has 7 heteroatoms. The summed E-state index contributed by atoms with van der Waals surface area (Å²) in [6.07, 6.45) is 4.42. The van der Waals surface area contributed by atoms with Gasteiger partial charge in [0.1, 0.15) is 4.83 Å². The summed E-state index contributed by atoms with van der Waals surface area (Å²) in [7, 11) is 0. The molecular weight excluding hydrogens is 391 g/mol. The smallest absolute Gasteiger partial charge is 0.262 e. The Kier molecular flexibility index (Phi) is 4.63. The molecule has 0 amide bonds. The number of Topliss-reactive ketones (excluding diaryl/α,β-unsaturated/α-hetero) is 1. The number of hydrogen-bond acceptors (Lipinski definition) is 4. The summed E-state index contributed by atoms with van der Waals surface area (Å²) in [5.74, 6) is 0.388. The molecule has 4 nitrogen and oxygen atoms in total. The zero-order valence-corrected chi connectivity index (χ0v) is 16.4. The second kappa shape index (κ2) is 6.80. The van der Waals surface area contributed by atoms with Crippen LogP contribution in [0, 0.1) is 5.92 Å². The lowest BCUT2D eigenvalue weighted by atomic mass is 9.89. The Morgan fingerprint density at radius 1 is 1.38 bits per heavy atom. The van der Waals surface area contributed by atoms with Crippen molar-refractivity contribution in [1.29, 1.82) is 0 Å². The number of aryl methyl sites for hydroxylation is 1. The molecule has 0 saturated heterocycles. The van der Waals surface area contributed by atoms with E-state index in [0.29, 0.717) is 21.9 Å². The first-order chi connectivity index (χ1) is 12.4. The maximum atomic E-state index is 13.0. The normalized spacial score (nSPS) is 16.7. The van der Waals surface area contributed by atoms with Crippen LogP contribution < -0.4 is 5.56 Å². The van der Waals surface area contributed by atoms with Gasteiger partial charge in [-0.05, 0) is 48.9 Å². The van der Waals surface area contributed by atoms with Crippen molar-refractivity contribution in [3.8, 4) is 0 Å². The zero-order chi connectivity index (χ0) is 18.4. The fraction of sp³-hybridized carbons (Fsp3) is 0.316. The van der Waals surface area contributed by atoms with E-state index in [9.17, 15) is 9.59 Å². The summed E-state index contributed by atoms with van der Waals surface area (Å²) in [5, 5.41) is 1.42. The van der Waals surface area contributed by atoms with Gasteiger partial charge in [-0.15, -0.1) is 11.3 Å². The van der Waals surface area contributed by atoms with Gasteiger partial charge in [0.15, 0.2) is 5.78 Å². The topological polar surface area (TPSA) is 52.0 Å². The number of hydrogen-bond donors (Lipinski definition) is 0. The summed E-state index contributed by atoms with van der Waals surface area (Å²) in [6, 6.07) is 4.72. The molecule has 1 unspecified atom stereocenters. The highest BCUT2D eigenvalue weighted by atomic mass is 35.5. The number of ketones is 1. The van der Waals surface area contributed by atoms with Crippen LogP contribution in [0.5, 0.6) is 0 Å². The number of aromatic nitrogens is 2. The van der Waals surface area contributed by atoms with Gasteiger partial charge < -0.3 is 0 Å². The minimum absolute atomic E-state index is 0.0931. The minimum atomic E-state index is -0.243. The van der Waals surface area contributed by atoms with Crippen molar-refractivity contribution in [3.05, 3.63) is 60.9 Å². The van der Waals surface area contributed by atoms with Gasteiger partial charge in [0.05, 0.1) is 23.3 Å². The van der Waals surface area contributed by atoms with E-state index in [1.54, 1.807) is 23.5 Å². The van der Waals surface area contributed by atoms with E-state index < -0.39 is 0 Å². The monoisotopic (exact) mass is 406 g/mol. The van der Waals surface area contributed by atoms with Gasteiger partial charge in [-0.1, -0.05) is 30.1 Å². The van der Waals surface area contributed by atoms with Gasteiger partial charge in [0.2, 0.25) is 0 Å². The Hall–Kier alpha value is -1.69. The highest BCUT2D eigenvalue weighted by molar-refractivity contribution is 7.18. The summed E-state index contributed by atoms with van der Waals surface area (Å²) in [6.45, 7) is 2.14. The highest BCUT2D eigenvalue weighted by Crippen LogP contribution is 2.35. The van der Waals surface area contributed by atoms with E-state index in [-0.39, 0.29) is 22.9 Å². The summed E-state index contributed by atoms with van der Waals surface area (Å²) >= 11 is 13.6. The predicted octanol–water partition coefficient (Wildman–Crippen LogP) is 4.77. The van der Waals surface area contributed by atoms with Crippen molar-refractivity contribution < 1.29 is 4.79 Å². The van der Waals surface area contributed by atoms with E-state index >= 15 is 0 Å². The van der Waals surface area contributed by atoms with E-state index in [0.717, 1.165) is 29.7 Å². The van der Waals surface area contributed by atoms with Gasteiger partial charge in [-0.3, -0.25) is 14.2 Å². The van der Waals surface area contributed by atoms with E-state index in [4.69, 9.17) is 23.2 Å². The Bertz CT molecular complexity index is 1090. The van der Waals surface area contributed by atoms with Crippen LogP contribution in [0.25, 0.3) is 10.2 Å². The van der Waals surface area contributed by atoms with Crippen molar-refractivity contribution in [1.82, 2.24) is 9.55 Å². The Morgan fingerprint density at radius 2 is 2.19 bits per heavy atom. The van der Waals surface area contributed by atoms with Crippen LogP contribution in [0.15, 0.2) is 29.3 Å². The first-order valence-electron chi connectivity index (χ1n) is 8.42. The molecule has 1 aliphatic carbocycles. The third-order valence-electron chi connectivity index (χ3n) is 4.83. The number of nitrogens with zero attached hydrogens (tertiary/aromatic N) is 2. The lowest BCUT2D eigenvalue weighted by Gasteiger charge is -2.17. The predicted molar refractivity (Wildman–Crippen MR) is 106 cm³/mol. The summed E-state index contributed by atoms with van der Waals surface area (Å²) < 4.78 is 1.38. The fourth-order valence-corrected chi connectivity index (χ4v) is 5.29. The van der Waals surface area contributed by atoms with Gasteiger partial charge in [-0.25, -0.2) is 4.98 Å². The molecule has 0 fully saturated rings. The number of carbonyl (C=O) groups is 1. The highest BCUT2D eigenvalue weighted by Gasteiger charge is 2.23. The first-order valence-corrected chi connectivity index (χ1v) is 9.99. The number of thiophene rings is 1. The third kappa shape index (κ3) is 3.08. The van der Waals surface area contributed by atoms with Crippen LogP contribution in [0.1, 0.15) is 34.1 Å². The molecule has 4 rings (SSSR count). The molecule has 2 aromatic heterocycles. The molecule has 0 bridgehead atoms. The lowest BCUT2D eigenvalue weighted by Crippen LogP contribution is -2.25. The van der Waals surface area contributed by atoms with Crippen molar-refractivity contribution >= 4 is 50.5 Å². The fourth-order valence-electron chi connectivity index (χ4n) is 3.43. The van der Waals surface area contributed by atoms with E-state index in [2.05, 4.69) is 11.9 Å². The average molecular weight is 407 g/mol. The second-order valence-electron chi connectivity index (χ2n) is 6.76. The number of fused-ring (bicyclic) bond motifs is 3. The first kappa shape index (κ1) is 17.7. The minimum Gasteiger partial charge on any atom is -0.292 e. The molecule has 0 N–H and O–H groups in total. The van der Waals surface area contributed by atoms with E-state index in [1.807, 2.05) is 0 Å². The van der Waals surface area contributed by atoms with Crippen LogP contribution >= 0.6 is 34.5 Å². The number of carbonyl (C=O) groups excluding carboxylic acids is 1. The molecule has 1 aromatic carbocycles. The SMILES string of the molecule is CC1CCc2c(sc3ncn(CC(=O)c4ccc(Cl)cc4Cl)c(=O)c23)C1. The molecule has 2 heterocycles. The maximum Gasteiger partial charge on any atom is 0.262 e. The molecular formula is C19H16Cl2N2O2S. The Morgan fingerprint density at radius 3 is 2.96 bits per heavy atom. The van der Waals surface area contributed by atoms with Crippen molar-refractivity contribution in [2.24, 2.45) is 5.92 Å². The summed E-state index contributed by atoms with van der Waals surface area (Å²) in [5.41, 5.74) is 1.32. The van der Waals surface area contributed by atoms with Gasteiger partial charge in [-0.2, -0.15) is 0 Å². The molecule has 26 heavy (non-hydrogen) atoms. The number of benzene rings is 1. The zero-order valence-electron chi connectivity index (χ0n) is 14.1. The second-order valence-corrected chi connectivity index (χ2v) is 8.68. The van der Waals surface area contributed by atoms with E-state index in [1.165, 1.54) is 21.8 Å². The van der Waals surface area contributed by atoms with Crippen molar-refractivity contribution in [2.75, 3.05) is 0 Å². The van der Waals surface area contributed by atoms with Crippen LogP contribution in [-0.4, -0.2) is 15.3 Å². The molecule has 0 saturated carbocycles. The van der Waals surface area contributed by atoms with Gasteiger partial charge in [0.25, 0.3) is 5.56 Å². The molecule has 0 aliphatic heterocycles. The van der Waals surface area contributed by atoms with Crippen molar-refractivity contribution in [3.63, 3.8) is 0 Å². The summed E-state index contributed by atoms with van der Waals surface area (Å²) in [4.78, 5) is 32.0. The van der Waals surface area contributed by atoms with Gasteiger partial charge >= 0.3 is 0 Å². The van der Waals surface area contributed by atoms with Crippen LogP contribution in [0.3, 0.4) is 0 Å². The average Bonchev–Trinajstić information content (AvgIpc) is 2.95. The largest absolute Gasteiger partial charge is 0.292 e. The van der Waals surface area contributed by atoms with Crippen LogP contribution in [0.2, 0.25) is 10.0 Å². The molecule has 1 atom stereocenters. The molecule has 0 spiro atoms. The standard InChI is InChI=1S/C19H16Cl2N2O2S/c1-10-2-4-13-16(6-10)26-18-17(13)19(25)23(9-22-18)8-15(24)12-5-3-11(20)7-14(12)21/h3,5,7,9-10H,2,4,6,8H2,1H3.